The molecule has 1 aliphatic heterocycles. The Kier molecular flexibility index (Phi) is 9.24. The van der Waals surface area contributed by atoms with Crippen molar-refractivity contribution in [1.29, 1.82) is 0 Å². The summed E-state index contributed by atoms with van der Waals surface area (Å²) < 4.78 is 11.6. The SMILES string of the molecule is CCNC(=NCc1ccc(C)cc1OCC1CCOC1)NCC(C)(C)CN(C)C. The van der Waals surface area contributed by atoms with E-state index in [-0.39, 0.29) is 5.41 Å². The lowest BCUT2D eigenvalue weighted by atomic mass is 9.93. The van der Waals surface area contributed by atoms with Gasteiger partial charge in [0, 0.05) is 37.7 Å². The first-order chi connectivity index (χ1) is 13.8. The van der Waals surface area contributed by atoms with Gasteiger partial charge in [-0.2, -0.15) is 0 Å². The van der Waals surface area contributed by atoms with Crippen LogP contribution in [0.2, 0.25) is 0 Å². The third kappa shape index (κ3) is 8.62. The Morgan fingerprint density at radius 1 is 1.31 bits per heavy atom. The number of ether oxygens (including phenoxy) is 2. The highest BCUT2D eigenvalue weighted by atomic mass is 16.5. The van der Waals surface area contributed by atoms with Gasteiger partial charge in [-0.1, -0.05) is 26.0 Å². The largest absolute Gasteiger partial charge is 0.493 e. The second-order valence-corrected chi connectivity index (χ2v) is 9.10. The van der Waals surface area contributed by atoms with Crippen LogP contribution in [0.25, 0.3) is 0 Å². The van der Waals surface area contributed by atoms with E-state index in [1.54, 1.807) is 0 Å². The lowest BCUT2D eigenvalue weighted by Crippen LogP contribution is -2.44. The number of aliphatic imine (C=N–C) groups is 1. The summed E-state index contributed by atoms with van der Waals surface area (Å²) in [4.78, 5) is 7.03. The highest BCUT2D eigenvalue weighted by molar-refractivity contribution is 5.79. The van der Waals surface area contributed by atoms with E-state index in [0.29, 0.717) is 19.1 Å². The molecule has 1 atom stereocenters. The summed E-state index contributed by atoms with van der Waals surface area (Å²) in [5, 5.41) is 6.85. The molecule has 1 saturated heterocycles. The fraction of sp³-hybridized carbons (Fsp3) is 0.696. The van der Waals surface area contributed by atoms with Crippen molar-refractivity contribution in [2.45, 2.75) is 40.7 Å². The summed E-state index contributed by atoms with van der Waals surface area (Å²) in [6.07, 6.45) is 1.08. The minimum absolute atomic E-state index is 0.154. The van der Waals surface area contributed by atoms with E-state index in [1.807, 2.05) is 0 Å². The molecule has 0 spiro atoms. The number of rotatable bonds is 10. The van der Waals surface area contributed by atoms with Crippen molar-refractivity contribution in [2.75, 3.05) is 53.6 Å². The van der Waals surface area contributed by atoms with Crippen LogP contribution in [0.15, 0.2) is 23.2 Å². The van der Waals surface area contributed by atoms with Crippen molar-refractivity contribution in [1.82, 2.24) is 15.5 Å². The van der Waals surface area contributed by atoms with Gasteiger partial charge in [-0.05, 0) is 51.4 Å². The molecule has 0 radical (unpaired) electrons. The molecule has 0 saturated carbocycles. The molecule has 164 valence electrons. The monoisotopic (exact) mass is 404 g/mol. The van der Waals surface area contributed by atoms with E-state index in [0.717, 1.165) is 56.5 Å². The minimum Gasteiger partial charge on any atom is -0.493 e. The summed E-state index contributed by atoms with van der Waals surface area (Å²) in [6, 6.07) is 6.36. The molecule has 0 aliphatic carbocycles. The molecule has 1 unspecified atom stereocenters. The first-order valence-electron chi connectivity index (χ1n) is 10.8. The van der Waals surface area contributed by atoms with Gasteiger partial charge in [0.1, 0.15) is 5.75 Å². The van der Waals surface area contributed by atoms with Gasteiger partial charge in [-0.15, -0.1) is 0 Å². The average molecular weight is 405 g/mol. The van der Waals surface area contributed by atoms with E-state index in [9.17, 15) is 0 Å². The third-order valence-electron chi connectivity index (χ3n) is 4.95. The Morgan fingerprint density at radius 2 is 2.10 bits per heavy atom. The van der Waals surface area contributed by atoms with Crippen LogP contribution < -0.4 is 15.4 Å². The standard InChI is InChI=1S/C23H40N4O2/c1-7-24-22(26-16-23(3,4)17-27(5)6)25-13-20-9-8-18(2)12-21(20)29-15-19-10-11-28-14-19/h8-9,12,19H,7,10-11,13-17H2,1-6H3,(H2,24,25,26). The molecular weight excluding hydrogens is 364 g/mol. The van der Waals surface area contributed by atoms with E-state index in [2.05, 4.69) is 75.5 Å². The number of aryl methyl sites for hydroxylation is 1. The van der Waals surface area contributed by atoms with E-state index in [4.69, 9.17) is 14.5 Å². The Hall–Kier alpha value is -1.79. The second kappa shape index (κ2) is 11.4. The third-order valence-corrected chi connectivity index (χ3v) is 4.95. The fourth-order valence-corrected chi connectivity index (χ4v) is 3.59. The van der Waals surface area contributed by atoms with Crippen molar-refractivity contribution < 1.29 is 9.47 Å². The minimum atomic E-state index is 0.154. The van der Waals surface area contributed by atoms with Crippen LogP contribution in [-0.4, -0.2) is 64.4 Å². The van der Waals surface area contributed by atoms with E-state index in [1.165, 1.54) is 5.56 Å². The smallest absolute Gasteiger partial charge is 0.191 e. The van der Waals surface area contributed by atoms with Gasteiger partial charge < -0.3 is 25.0 Å². The fourth-order valence-electron chi connectivity index (χ4n) is 3.59. The average Bonchev–Trinajstić information content (AvgIpc) is 3.16. The Morgan fingerprint density at radius 3 is 2.76 bits per heavy atom. The molecule has 0 amide bonds. The molecule has 1 aliphatic rings. The van der Waals surface area contributed by atoms with Crippen LogP contribution in [0.5, 0.6) is 5.75 Å². The second-order valence-electron chi connectivity index (χ2n) is 9.10. The van der Waals surface area contributed by atoms with Crippen LogP contribution in [0, 0.1) is 18.3 Å². The molecular formula is C23H40N4O2. The zero-order valence-corrected chi connectivity index (χ0v) is 19.2. The van der Waals surface area contributed by atoms with E-state index < -0.39 is 0 Å². The van der Waals surface area contributed by atoms with Crippen molar-refractivity contribution >= 4 is 5.96 Å². The predicted octanol–water partition coefficient (Wildman–Crippen LogP) is 3.05. The number of guanidine groups is 1. The molecule has 1 aromatic carbocycles. The number of nitrogens with one attached hydrogen (secondary N) is 2. The summed E-state index contributed by atoms with van der Waals surface area (Å²) in [5.41, 5.74) is 2.46. The van der Waals surface area contributed by atoms with Crippen molar-refractivity contribution in [3.05, 3.63) is 29.3 Å². The van der Waals surface area contributed by atoms with Gasteiger partial charge >= 0.3 is 0 Å². The summed E-state index contributed by atoms with van der Waals surface area (Å²) in [5.74, 6) is 2.27. The normalized spacial score (nSPS) is 17.6. The number of benzene rings is 1. The number of nitrogens with zero attached hydrogens (tertiary/aromatic N) is 2. The van der Waals surface area contributed by atoms with Gasteiger partial charge in [0.25, 0.3) is 0 Å². The Bertz CT molecular complexity index is 652. The summed E-state index contributed by atoms with van der Waals surface area (Å²) in [7, 11) is 4.22. The van der Waals surface area contributed by atoms with Crippen LogP contribution in [0.4, 0.5) is 0 Å². The van der Waals surface area contributed by atoms with Crippen molar-refractivity contribution in [3.8, 4) is 5.75 Å². The van der Waals surface area contributed by atoms with Crippen molar-refractivity contribution in [3.63, 3.8) is 0 Å². The molecule has 6 heteroatoms. The van der Waals surface area contributed by atoms with Crippen LogP contribution in [0.3, 0.4) is 0 Å². The Labute approximate surface area is 177 Å². The lowest BCUT2D eigenvalue weighted by molar-refractivity contribution is 0.166. The molecule has 1 fully saturated rings. The lowest BCUT2D eigenvalue weighted by Gasteiger charge is -2.29. The van der Waals surface area contributed by atoms with Crippen LogP contribution in [0.1, 0.15) is 38.3 Å². The number of hydrogen-bond acceptors (Lipinski definition) is 4. The quantitative estimate of drug-likeness (QED) is 0.464. The van der Waals surface area contributed by atoms with E-state index >= 15 is 0 Å². The molecule has 1 heterocycles. The molecule has 2 rings (SSSR count). The van der Waals surface area contributed by atoms with Gasteiger partial charge in [-0.25, -0.2) is 4.99 Å². The van der Waals surface area contributed by atoms with Crippen molar-refractivity contribution in [2.24, 2.45) is 16.3 Å². The highest BCUT2D eigenvalue weighted by Gasteiger charge is 2.19. The van der Waals surface area contributed by atoms with Gasteiger partial charge in [0.05, 0.1) is 19.8 Å². The van der Waals surface area contributed by atoms with Gasteiger partial charge in [0.2, 0.25) is 0 Å². The molecule has 0 aromatic heterocycles. The zero-order chi connectivity index (χ0) is 21.3. The molecule has 0 bridgehead atoms. The predicted molar refractivity (Wildman–Crippen MR) is 121 cm³/mol. The number of hydrogen-bond donors (Lipinski definition) is 2. The maximum Gasteiger partial charge on any atom is 0.191 e. The molecule has 1 aromatic rings. The van der Waals surface area contributed by atoms with Crippen LogP contribution >= 0.6 is 0 Å². The first kappa shape index (κ1) is 23.5. The van der Waals surface area contributed by atoms with Gasteiger partial charge in [-0.3, -0.25) is 0 Å². The maximum absolute atomic E-state index is 6.16. The summed E-state index contributed by atoms with van der Waals surface area (Å²) >= 11 is 0. The molecule has 2 N–H and O–H groups in total. The maximum atomic E-state index is 6.16. The summed E-state index contributed by atoms with van der Waals surface area (Å²) in [6.45, 7) is 14.4. The zero-order valence-electron chi connectivity index (χ0n) is 19.2. The first-order valence-corrected chi connectivity index (χ1v) is 10.8. The topological polar surface area (TPSA) is 58.1 Å². The molecule has 29 heavy (non-hydrogen) atoms. The Balaban J connectivity index is 2.01. The molecule has 6 nitrogen and oxygen atoms in total. The highest BCUT2D eigenvalue weighted by Crippen LogP contribution is 2.23. The van der Waals surface area contributed by atoms with Gasteiger partial charge in [0.15, 0.2) is 5.96 Å². The van der Waals surface area contributed by atoms with Crippen LogP contribution in [-0.2, 0) is 11.3 Å².